The molecule has 2 aliphatic rings. The van der Waals surface area contributed by atoms with Gasteiger partial charge in [0.15, 0.2) is 5.65 Å². The van der Waals surface area contributed by atoms with E-state index in [1.807, 2.05) is 19.1 Å². The van der Waals surface area contributed by atoms with E-state index in [0.29, 0.717) is 24.1 Å². The van der Waals surface area contributed by atoms with Gasteiger partial charge in [-0.1, -0.05) is 29.8 Å². The molecule has 0 saturated carbocycles. The van der Waals surface area contributed by atoms with Crippen LogP contribution < -0.4 is 16.0 Å². The van der Waals surface area contributed by atoms with Crippen molar-refractivity contribution in [1.82, 2.24) is 30.5 Å². The Morgan fingerprint density at radius 2 is 1.93 bits per heavy atom. The molecule has 1 aliphatic heterocycles. The van der Waals surface area contributed by atoms with E-state index >= 15 is 0 Å². The first-order chi connectivity index (χ1) is 19.7. The summed E-state index contributed by atoms with van der Waals surface area (Å²) in [4.78, 5) is 54.8. The lowest BCUT2D eigenvalue weighted by Crippen LogP contribution is -2.30. The number of nitrogens with zero attached hydrogens (tertiary/aromatic N) is 3. The Morgan fingerprint density at radius 3 is 2.68 bits per heavy atom. The van der Waals surface area contributed by atoms with Crippen LogP contribution in [-0.2, 0) is 22.6 Å². The number of carbonyl (C=O) groups excluding carboxylic acids is 4. The number of nitrogens with one attached hydrogen (secondary N) is 3. The fourth-order valence-corrected chi connectivity index (χ4v) is 5.78. The van der Waals surface area contributed by atoms with Gasteiger partial charge in [-0.2, -0.15) is 5.10 Å². The standard InChI is InChI=1S/C29H24ClFN6O4/c1-14-16-5-7-22(18(16)4-3-17(14)19-11-26(38)36-27(19)39)35-29(41)24-12-23(34-25-8-9-33-37(24)25)28(40)32-13-15-2-6-21(31)20(30)10-15/h2-4,6,8-10,12,19,22H,5,7,11,13H2,1H3,(H,32,40)(H,35,41)(H,36,38,39)/t19?,22-/m0/s1. The van der Waals surface area contributed by atoms with Crippen molar-refractivity contribution in [2.45, 2.75) is 44.7 Å². The van der Waals surface area contributed by atoms with Crippen LogP contribution in [0, 0.1) is 12.7 Å². The van der Waals surface area contributed by atoms with Crippen LogP contribution in [0.1, 0.15) is 73.6 Å². The first kappa shape index (κ1) is 26.6. The maximum Gasteiger partial charge on any atom is 0.270 e. The largest absolute Gasteiger partial charge is 0.347 e. The van der Waals surface area contributed by atoms with Gasteiger partial charge < -0.3 is 10.6 Å². The van der Waals surface area contributed by atoms with Crippen molar-refractivity contribution >= 4 is 40.9 Å². The SMILES string of the molecule is Cc1c(C2CC(=O)NC2=O)ccc2c1CC[C@@H]2NC(=O)c1cc(C(=O)NCc2ccc(F)c(Cl)c2)nc2ccnn12. The summed E-state index contributed by atoms with van der Waals surface area (Å²) >= 11 is 5.83. The molecule has 0 spiro atoms. The number of halogens is 2. The Hall–Kier alpha value is -4.64. The number of aromatic nitrogens is 3. The van der Waals surface area contributed by atoms with Crippen LogP contribution in [-0.4, -0.2) is 38.2 Å². The second-order valence-electron chi connectivity index (χ2n) is 10.1. The molecule has 2 atom stereocenters. The molecule has 2 aromatic carbocycles. The molecule has 12 heteroatoms. The van der Waals surface area contributed by atoms with Gasteiger partial charge in [0.2, 0.25) is 11.8 Å². The molecule has 1 unspecified atom stereocenters. The van der Waals surface area contributed by atoms with E-state index in [2.05, 4.69) is 26.0 Å². The van der Waals surface area contributed by atoms with E-state index in [4.69, 9.17) is 11.6 Å². The van der Waals surface area contributed by atoms with E-state index in [9.17, 15) is 23.6 Å². The van der Waals surface area contributed by atoms with Crippen LogP contribution in [0.15, 0.2) is 48.7 Å². The molecule has 4 amide bonds. The van der Waals surface area contributed by atoms with Gasteiger partial charge in [-0.25, -0.2) is 13.9 Å². The Balaban J connectivity index is 1.22. The van der Waals surface area contributed by atoms with E-state index in [0.717, 1.165) is 22.3 Å². The average molecular weight is 575 g/mol. The topological polar surface area (TPSA) is 135 Å². The van der Waals surface area contributed by atoms with Crippen molar-refractivity contribution in [3.8, 4) is 0 Å². The van der Waals surface area contributed by atoms with E-state index < -0.39 is 23.5 Å². The molecular weight excluding hydrogens is 551 g/mol. The highest BCUT2D eigenvalue weighted by molar-refractivity contribution is 6.30. The zero-order valence-corrected chi connectivity index (χ0v) is 22.6. The van der Waals surface area contributed by atoms with Gasteiger partial charge in [0.25, 0.3) is 11.8 Å². The summed E-state index contributed by atoms with van der Waals surface area (Å²) in [6.07, 6.45) is 2.98. The lowest BCUT2D eigenvalue weighted by molar-refractivity contribution is -0.125. The Bertz CT molecular complexity index is 1770. The molecule has 41 heavy (non-hydrogen) atoms. The van der Waals surface area contributed by atoms with Gasteiger partial charge >= 0.3 is 0 Å². The van der Waals surface area contributed by atoms with Crippen molar-refractivity contribution in [1.29, 1.82) is 0 Å². The molecule has 3 N–H and O–H groups in total. The Kier molecular flexibility index (Phi) is 6.74. The summed E-state index contributed by atoms with van der Waals surface area (Å²) in [5, 5.41) is 12.3. The van der Waals surface area contributed by atoms with Crippen molar-refractivity contribution in [3.63, 3.8) is 0 Å². The molecule has 3 heterocycles. The monoisotopic (exact) mass is 574 g/mol. The zero-order valence-electron chi connectivity index (χ0n) is 21.8. The normalized spacial score (nSPS) is 17.9. The molecule has 2 aromatic heterocycles. The molecule has 6 rings (SSSR count). The van der Waals surface area contributed by atoms with Gasteiger partial charge in [0.05, 0.1) is 23.2 Å². The summed E-state index contributed by atoms with van der Waals surface area (Å²) in [5.74, 6) is -2.57. The lowest BCUT2D eigenvalue weighted by Gasteiger charge is -2.18. The van der Waals surface area contributed by atoms with Crippen LogP contribution in [0.25, 0.3) is 5.65 Å². The number of benzene rings is 2. The number of rotatable bonds is 6. The van der Waals surface area contributed by atoms with Crippen molar-refractivity contribution < 1.29 is 23.6 Å². The maximum absolute atomic E-state index is 13.5. The number of hydrogen-bond donors (Lipinski definition) is 3. The van der Waals surface area contributed by atoms with Gasteiger partial charge in [0.1, 0.15) is 17.2 Å². The number of fused-ring (bicyclic) bond motifs is 2. The molecule has 1 fully saturated rings. The van der Waals surface area contributed by atoms with E-state index in [1.165, 1.54) is 35.0 Å². The Morgan fingerprint density at radius 1 is 1.12 bits per heavy atom. The van der Waals surface area contributed by atoms with Crippen molar-refractivity contribution in [3.05, 3.63) is 98.7 Å². The fourth-order valence-electron chi connectivity index (χ4n) is 5.58. The molecule has 1 aliphatic carbocycles. The third-order valence-corrected chi connectivity index (χ3v) is 7.94. The number of amides is 4. The summed E-state index contributed by atoms with van der Waals surface area (Å²) < 4.78 is 14.8. The minimum absolute atomic E-state index is 0.0213. The third kappa shape index (κ3) is 4.93. The van der Waals surface area contributed by atoms with Gasteiger partial charge in [-0.3, -0.25) is 24.5 Å². The first-order valence-corrected chi connectivity index (χ1v) is 13.4. The van der Waals surface area contributed by atoms with Gasteiger partial charge in [-0.15, -0.1) is 0 Å². The van der Waals surface area contributed by atoms with E-state index in [-0.39, 0.29) is 47.2 Å². The number of carbonyl (C=O) groups is 4. The molecule has 4 aromatic rings. The van der Waals surface area contributed by atoms with Gasteiger partial charge in [0, 0.05) is 25.1 Å². The second kappa shape index (κ2) is 10.4. The van der Waals surface area contributed by atoms with Crippen LogP contribution in [0.4, 0.5) is 4.39 Å². The van der Waals surface area contributed by atoms with E-state index in [1.54, 1.807) is 6.07 Å². The summed E-state index contributed by atoms with van der Waals surface area (Å²) in [7, 11) is 0. The smallest absolute Gasteiger partial charge is 0.270 e. The first-order valence-electron chi connectivity index (χ1n) is 13.0. The highest BCUT2D eigenvalue weighted by Gasteiger charge is 2.35. The molecule has 10 nitrogen and oxygen atoms in total. The minimum atomic E-state index is -0.552. The zero-order chi connectivity index (χ0) is 28.8. The second-order valence-corrected chi connectivity index (χ2v) is 10.5. The Labute approximate surface area is 238 Å². The average Bonchev–Trinajstić information content (AvgIpc) is 3.67. The highest BCUT2D eigenvalue weighted by Crippen LogP contribution is 2.38. The van der Waals surface area contributed by atoms with Gasteiger partial charge in [-0.05, 0) is 59.7 Å². The summed E-state index contributed by atoms with van der Waals surface area (Å²) in [6.45, 7) is 2.03. The summed E-state index contributed by atoms with van der Waals surface area (Å²) in [6, 6.07) is 10.6. The molecule has 1 saturated heterocycles. The number of imide groups is 1. The summed E-state index contributed by atoms with van der Waals surface area (Å²) in [5.41, 5.74) is 4.87. The van der Waals surface area contributed by atoms with Crippen LogP contribution in [0.2, 0.25) is 5.02 Å². The number of hydrogen-bond acceptors (Lipinski definition) is 6. The minimum Gasteiger partial charge on any atom is -0.347 e. The molecule has 0 bridgehead atoms. The third-order valence-electron chi connectivity index (χ3n) is 7.65. The van der Waals surface area contributed by atoms with Crippen molar-refractivity contribution in [2.75, 3.05) is 0 Å². The maximum atomic E-state index is 13.5. The van der Waals surface area contributed by atoms with Crippen LogP contribution in [0.3, 0.4) is 0 Å². The molecular formula is C29H24ClFN6O4. The highest BCUT2D eigenvalue weighted by atomic mass is 35.5. The quantitative estimate of drug-likeness (QED) is 0.303. The van der Waals surface area contributed by atoms with Crippen LogP contribution in [0.5, 0.6) is 0 Å². The molecule has 208 valence electrons. The predicted molar refractivity (Wildman–Crippen MR) is 146 cm³/mol. The van der Waals surface area contributed by atoms with Crippen molar-refractivity contribution in [2.24, 2.45) is 0 Å². The lowest BCUT2D eigenvalue weighted by atomic mass is 9.89. The fraction of sp³-hybridized carbons (Fsp3) is 0.241. The van der Waals surface area contributed by atoms with Crippen LogP contribution >= 0.6 is 11.6 Å². The predicted octanol–water partition coefficient (Wildman–Crippen LogP) is 3.31. The molecule has 0 radical (unpaired) electrons.